The minimum absolute atomic E-state index is 0. The Hall–Kier alpha value is -2.90. The van der Waals surface area contributed by atoms with E-state index in [2.05, 4.69) is 10.9 Å². The first-order valence-electron chi connectivity index (χ1n) is 11.4. The van der Waals surface area contributed by atoms with Crippen LogP contribution < -0.4 is 80.0 Å². The predicted octanol–water partition coefficient (Wildman–Crippen LogP) is -5.83. The maximum absolute atomic E-state index is 12.6. The van der Waals surface area contributed by atoms with Crippen molar-refractivity contribution in [3.8, 4) is 0 Å². The van der Waals surface area contributed by atoms with Crippen molar-refractivity contribution < 1.29 is 104 Å². The Bertz CT molecular complexity index is 1770. The molecule has 2 saturated heterocycles. The zero-order valence-electron chi connectivity index (χ0n) is 22.5. The summed E-state index contributed by atoms with van der Waals surface area (Å²) in [5.74, 6) is -3.83. The number of anilines is 2. The molecule has 0 aliphatic carbocycles. The van der Waals surface area contributed by atoms with Gasteiger partial charge in [-0.2, -0.15) is 0 Å². The quantitative estimate of drug-likeness (QED) is 0.0694. The van der Waals surface area contributed by atoms with E-state index in [1.165, 1.54) is 66.8 Å². The Morgan fingerprint density at radius 1 is 0.651 bits per heavy atom. The summed E-state index contributed by atoms with van der Waals surface area (Å²) in [5.41, 5.74) is 4.78. The van der Waals surface area contributed by atoms with Gasteiger partial charge in [0.05, 0.1) is 21.2 Å². The predicted molar refractivity (Wildman–Crippen MR) is 139 cm³/mol. The number of hydrazine groups is 2. The molecule has 0 saturated carbocycles. The summed E-state index contributed by atoms with van der Waals surface area (Å²) < 4.78 is 66.3. The summed E-state index contributed by atoms with van der Waals surface area (Å²) in [7, 11) is -9.33. The summed E-state index contributed by atoms with van der Waals surface area (Å²) >= 11 is 0. The molecule has 2 aliphatic heterocycles. The van der Waals surface area contributed by atoms with Crippen molar-refractivity contribution in [2.45, 2.75) is 9.79 Å². The van der Waals surface area contributed by atoms with Crippen molar-refractivity contribution in [3.05, 3.63) is 96.6 Å². The van der Waals surface area contributed by atoms with Gasteiger partial charge in [-0.15, -0.1) is 0 Å². The normalized spacial score (nSPS) is 18.5. The molecule has 0 bridgehead atoms. The van der Waals surface area contributed by atoms with Crippen molar-refractivity contribution in [1.29, 1.82) is 0 Å². The molecule has 2 fully saturated rings. The second-order valence-electron chi connectivity index (χ2n) is 8.34. The Morgan fingerprint density at radius 3 is 1.63 bits per heavy atom. The van der Waals surface area contributed by atoms with Crippen molar-refractivity contribution in [1.82, 2.24) is 10.9 Å². The monoisotopic (exact) mass is 644 g/mol. The number of carbonyl (C=O) groups is 4. The molecule has 2 heterocycles. The van der Waals surface area contributed by atoms with Gasteiger partial charge in [0, 0.05) is 0 Å². The molecular formula is C25H18N4Na2O10S2. The minimum Gasteiger partial charge on any atom is -0.744 e. The van der Waals surface area contributed by atoms with Crippen LogP contribution in [0.2, 0.25) is 0 Å². The van der Waals surface area contributed by atoms with Gasteiger partial charge in [-0.1, -0.05) is 36.5 Å². The third-order valence-electron chi connectivity index (χ3n) is 5.66. The molecule has 2 N–H and O–H groups in total. The van der Waals surface area contributed by atoms with Gasteiger partial charge in [-0.3, -0.25) is 30.0 Å². The Kier molecular flexibility index (Phi) is 12.4. The van der Waals surface area contributed by atoms with E-state index in [0.29, 0.717) is 0 Å². The number of hydrogen-bond acceptors (Lipinski definition) is 10. The second-order valence-corrected chi connectivity index (χ2v) is 11.1. The molecule has 1 atom stereocenters. The minimum atomic E-state index is -4.67. The molecule has 0 spiro atoms. The molecule has 2 aromatic rings. The number of allylic oxidation sites excluding steroid dienone is 6. The molecule has 18 heteroatoms. The molecule has 14 nitrogen and oxygen atoms in total. The van der Waals surface area contributed by atoms with E-state index in [1.807, 2.05) is 0 Å². The number of nitrogens with zero attached hydrogens (tertiary/aromatic N) is 2. The van der Waals surface area contributed by atoms with E-state index < -0.39 is 59.6 Å². The summed E-state index contributed by atoms with van der Waals surface area (Å²) in [6.07, 6.45) is 9.86. The average molecular weight is 645 g/mol. The zero-order valence-corrected chi connectivity index (χ0v) is 28.2. The van der Waals surface area contributed by atoms with Crippen LogP contribution in [0.3, 0.4) is 0 Å². The summed E-state index contributed by atoms with van der Waals surface area (Å²) in [6.45, 7) is 0. The number of carbonyl (C=O) groups excluding carboxylic acids is 4. The first-order valence-corrected chi connectivity index (χ1v) is 14.2. The van der Waals surface area contributed by atoms with Gasteiger partial charge < -0.3 is 9.11 Å². The Morgan fingerprint density at radius 2 is 1.12 bits per heavy atom. The Labute approximate surface area is 290 Å². The smallest absolute Gasteiger partial charge is 0.744 e. The first-order chi connectivity index (χ1) is 19.3. The SMILES string of the molecule is O=C1NN(c2ccc(S(=O)(=O)[O-])cc2)C(=O)\C1=C/C=C/C=C/C=C/C1C(=O)NN(c2ccc(S(=O)(=O)[O-])cc2)C1=O.[Na+].[Na+]. The van der Waals surface area contributed by atoms with Crippen LogP contribution in [0.4, 0.5) is 11.4 Å². The molecule has 1 unspecified atom stereocenters. The van der Waals surface area contributed by atoms with Crippen molar-refractivity contribution in [2.24, 2.45) is 5.92 Å². The summed E-state index contributed by atoms with van der Waals surface area (Å²) in [6, 6.07) is 8.88. The third kappa shape index (κ3) is 8.60. The molecule has 212 valence electrons. The topological polar surface area (TPSA) is 213 Å². The van der Waals surface area contributed by atoms with Crippen molar-refractivity contribution in [3.63, 3.8) is 0 Å². The van der Waals surface area contributed by atoms with Gasteiger partial charge in [0.2, 0.25) is 0 Å². The number of rotatable bonds is 8. The Balaban J connectivity index is 0.00000323. The summed E-state index contributed by atoms with van der Waals surface area (Å²) in [4.78, 5) is 48.6. The molecule has 0 radical (unpaired) electrons. The van der Waals surface area contributed by atoms with Crippen LogP contribution in [0, 0.1) is 5.92 Å². The van der Waals surface area contributed by atoms with Gasteiger partial charge in [0.1, 0.15) is 31.7 Å². The van der Waals surface area contributed by atoms with Crippen LogP contribution in [0.5, 0.6) is 0 Å². The van der Waals surface area contributed by atoms with E-state index in [-0.39, 0.29) is 76.1 Å². The maximum atomic E-state index is 12.6. The van der Waals surface area contributed by atoms with Crippen molar-refractivity contribution in [2.75, 3.05) is 10.0 Å². The maximum Gasteiger partial charge on any atom is 1.00 e. The van der Waals surface area contributed by atoms with Crippen LogP contribution in [-0.2, 0) is 39.4 Å². The summed E-state index contributed by atoms with van der Waals surface area (Å²) in [5, 5.41) is 1.83. The second kappa shape index (κ2) is 14.7. The van der Waals surface area contributed by atoms with Crippen LogP contribution in [0.1, 0.15) is 0 Å². The fraction of sp³-hybridized carbons (Fsp3) is 0.0400. The van der Waals surface area contributed by atoms with E-state index >= 15 is 0 Å². The standard InChI is InChI=1S/C25H20N4O10S2.2Na/c30-22-20(24(32)28(26-22)16-8-12-18(13-9-16)40(34,35)36)6-4-2-1-3-5-7-21-23(31)27-29(25(21)33)17-10-14-19(15-11-17)41(37,38)39;;/h1-15,20H,(H,26,30)(H,27,31)(H,34,35,36)(H,37,38,39);;/q;2*+1/p-2/b2-1+,5-3+,6-4+,21-7-;;. The molecule has 2 aromatic carbocycles. The van der Waals surface area contributed by atoms with Crippen LogP contribution in [0.15, 0.2) is 106 Å². The van der Waals surface area contributed by atoms with Crippen molar-refractivity contribution >= 4 is 55.2 Å². The molecule has 4 rings (SSSR count). The third-order valence-corrected chi connectivity index (χ3v) is 7.36. The van der Waals surface area contributed by atoms with Crippen LogP contribution in [-0.4, -0.2) is 49.6 Å². The molecule has 2 aliphatic rings. The molecular weight excluding hydrogens is 626 g/mol. The van der Waals surface area contributed by atoms with Gasteiger partial charge in [0.15, 0.2) is 0 Å². The number of amides is 4. The van der Waals surface area contributed by atoms with E-state index in [1.54, 1.807) is 0 Å². The van der Waals surface area contributed by atoms with E-state index in [4.69, 9.17) is 0 Å². The van der Waals surface area contributed by atoms with E-state index in [0.717, 1.165) is 34.3 Å². The van der Waals surface area contributed by atoms with Gasteiger partial charge >= 0.3 is 59.1 Å². The largest absolute Gasteiger partial charge is 1.00 e. The molecule has 43 heavy (non-hydrogen) atoms. The number of hydrogen-bond donors (Lipinski definition) is 2. The van der Waals surface area contributed by atoms with Gasteiger partial charge in [-0.05, 0) is 54.6 Å². The van der Waals surface area contributed by atoms with Gasteiger partial charge in [0.25, 0.3) is 23.6 Å². The van der Waals surface area contributed by atoms with E-state index in [9.17, 15) is 45.1 Å². The number of benzene rings is 2. The fourth-order valence-corrected chi connectivity index (χ4v) is 4.59. The fourth-order valence-electron chi connectivity index (χ4n) is 3.65. The zero-order chi connectivity index (χ0) is 29.9. The molecule has 0 aromatic heterocycles. The molecule has 4 amide bonds. The van der Waals surface area contributed by atoms with Gasteiger partial charge in [-0.25, -0.2) is 26.9 Å². The van der Waals surface area contributed by atoms with Crippen LogP contribution in [0.25, 0.3) is 0 Å². The first kappa shape index (κ1) is 36.3. The average Bonchev–Trinajstić information content (AvgIpc) is 3.36. The number of nitrogens with one attached hydrogen (secondary N) is 2. The van der Waals surface area contributed by atoms with Crippen LogP contribution >= 0.6 is 0 Å².